The number of aryl methyl sites for hydroxylation is 3. The van der Waals surface area contributed by atoms with Crippen LogP contribution in [0.15, 0.2) is 65.9 Å². The van der Waals surface area contributed by atoms with E-state index in [4.69, 9.17) is 51.6 Å². The van der Waals surface area contributed by atoms with Crippen molar-refractivity contribution in [1.82, 2.24) is 0 Å². The van der Waals surface area contributed by atoms with Crippen molar-refractivity contribution in [2.75, 3.05) is 41.2 Å². The fourth-order valence-electron chi connectivity index (χ4n) is 4.04. The first-order valence-corrected chi connectivity index (χ1v) is 18.6. The quantitative estimate of drug-likeness (QED) is 0.160. The maximum atomic E-state index is 13.6. The Hall–Kier alpha value is -2.03. The first kappa shape index (κ1) is 46.0. The zero-order valence-electron chi connectivity index (χ0n) is 28.1. The molecule has 3 aromatic rings. The summed E-state index contributed by atoms with van der Waals surface area (Å²) >= 11 is 23.7. The maximum Gasteiger partial charge on any atom is 0.169 e. The summed E-state index contributed by atoms with van der Waals surface area (Å²) in [5.74, 6) is 0.940. The van der Waals surface area contributed by atoms with Gasteiger partial charge in [0.15, 0.2) is 34.7 Å². The standard InChI is InChI=1S/C12H13Br2FO2.C12H13Cl2FO2.C11H11Br2FO2/c2*1-3-8-6-9(17-5-4-11(13)14)7-10(15)12(8)16-2;1-7-5-8(16-4-3-10(12)13)6-9(14)11(7)15-2/h2*4,6-7H,3,5H2,1-2H3;3,5-6H,4H2,1-2H3. The molecule has 0 unspecified atom stereocenters. The fraction of sp³-hybridized carbons (Fsp3) is 0.314. The Kier molecular flexibility index (Phi) is 23.0. The van der Waals surface area contributed by atoms with E-state index in [1.165, 1.54) is 45.6 Å². The second kappa shape index (κ2) is 25.0. The predicted molar refractivity (Wildman–Crippen MR) is 210 cm³/mol. The smallest absolute Gasteiger partial charge is 0.169 e. The van der Waals surface area contributed by atoms with Gasteiger partial charge in [-0.2, -0.15) is 0 Å². The molecule has 0 radical (unpaired) electrons. The van der Waals surface area contributed by atoms with E-state index in [2.05, 4.69) is 63.7 Å². The average Bonchev–Trinajstić information content (AvgIpc) is 3.04. The molecule has 0 saturated carbocycles. The van der Waals surface area contributed by atoms with E-state index in [1.54, 1.807) is 37.3 Å². The molecule has 0 spiro atoms. The molecule has 15 heteroatoms. The van der Waals surface area contributed by atoms with Crippen molar-refractivity contribution in [3.63, 3.8) is 0 Å². The van der Waals surface area contributed by atoms with Crippen LogP contribution in [-0.2, 0) is 12.8 Å². The van der Waals surface area contributed by atoms with E-state index >= 15 is 0 Å². The first-order chi connectivity index (χ1) is 23.7. The maximum absolute atomic E-state index is 13.6. The molecule has 0 bridgehead atoms. The Balaban J connectivity index is 0.000000375. The number of rotatable bonds is 14. The Morgan fingerprint density at radius 1 is 0.580 bits per heavy atom. The molecule has 50 heavy (non-hydrogen) atoms. The molecule has 0 atom stereocenters. The molecule has 6 nitrogen and oxygen atoms in total. The van der Waals surface area contributed by atoms with Gasteiger partial charge in [0.1, 0.15) is 41.6 Å². The average molecular weight is 1000 g/mol. The molecule has 0 aromatic heterocycles. The fourth-order valence-corrected chi connectivity index (χ4v) is 4.69. The van der Waals surface area contributed by atoms with E-state index in [9.17, 15) is 13.2 Å². The number of methoxy groups -OCH3 is 3. The highest BCUT2D eigenvalue weighted by atomic mass is 79.9. The van der Waals surface area contributed by atoms with Gasteiger partial charge < -0.3 is 28.4 Å². The lowest BCUT2D eigenvalue weighted by Gasteiger charge is -2.11. The Morgan fingerprint density at radius 3 is 1.22 bits per heavy atom. The topological polar surface area (TPSA) is 55.4 Å². The van der Waals surface area contributed by atoms with Crippen molar-refractivity contribution < 1.29 is 41.6 Å². The van der Waals surface area contributed by atoms with Crippen LogP contribution in [0.3, 0.4) is 0 Å². The third-order valence-corrected chi connectivity index (χ3v) is 7.83. The van der Waals surface area contributed by atoms with Crippen LogP contribution in [0.4, 0.5) is 13.2 Å². The minimum atomic E-state index is -0.442. The van der Waals surface area contributed by atoms with Gasteiger partial charge in [0.05, 0.1) is 28.1 Å². The number of ether oxygens (including phenoxy) is 6. The van der Waals surface area contributed by atoms with Crippen LogP contribution in [0.1, 0.15) is 30.5 Å². The van der Waals surface area contributed by atoms with Crippen molar-refractivity contribution in [2.45, 2.75) is 33.6 Å². The van der Waals surface area contributed by atoms with Crippen LogP contribution in [-0.4, -0.2) is 41.2 Å². The predicted octanol–water partition coefficient (Wildman–Crippen LogP) is 12.7. The zero-order chi connectivity index (χ0) is 37.8. The van der Waals surface area contributed by atoms with Gasteiger partial charge >= 0.3 is 0 Å². The monoisotopic (exact) mass is 996 g/mol. The third-order valence-electron chi connectivity index (χ3n) is 6.23. The SMILES string of the molecule is CCc1cc(OCC=C(Br)Br)cc(F)c1OC.CCc1cc(OCC=C(Cl)Cl)cc(F)c1OC.COc1c(C)cc(OCC=C(Br)Br)cc1F. The van der Waals surface area contributed by atoms with Gasteiger partial charge in [0, 0.05) is 29.3 Å². The summed E-state index contributed by atoms with van der Waals surface area (Å²) in [6.45, 7) is 6.53. The summed E-state index contributed by atoms with van der Waals surface area (Å²) in [5, 5.41) is 0. The summed E-state index contributed by atoms with van der Waals surface area (Å²) in [7, 11) is 4.34. The largest absolute Gasteiger partial charge is 0.493 e. The molecule has 276 valence electrons. The van der Waals surface area contributed by atoms with Crippen molar-refractivity contribution in [3.8, 4) is 34.5 Å². The van der Waals surface area contributed by atoms with Crippen LogP contribution in [0, 0.1) is 24.4 Å². The van der Waals surface area contributed by atoms with E-state index in [0.29, 0.717) is 48.9 Å². The number of hydrogen-bond donors (Lipinski definition) is 0. The minimum absolute atomic E-state index is 0.120. The van der Waals surface area contributed by atoms with Gasteiger partial charge in [-0.1, -0.05) is 37.0 Å². The summed E-state index contributed by atoms with van der Waals surface area (Å²) in [5.41, 5.74) is 2.26. The van der Waals surface area contributed by atoms with Gasteiger partial charge in [-0.05, 0) is 125 Å². The molecule has 0 N–H and O–H groups in total. The Labute approximate surface area is 335 Å². The number of benzene rings is 3. The molecule has 0 aliphatic carbocycles. The second-order valence-corrected chi connectivity index (χ2v) is 16.1. The molecule has 0 aliphatic heterocycles. The molecule has 3 rings (SSSR count). The molecule has 0 amide bonds. The van der Waals surface area contributed by atoms with Crippen molar-refractivity contribution in [2.24, 2.45) is 0 Å². The molecular weight excluding hydrogens is 964 g/mol. The lowest BCUT2D eigenvalue weighted by Crippen LogP contribution is -1.99. The number of halogens is 9. The first-order valence-electron chi connectivity index (χ1n) is 14.7. The highest BCUT2D eigenvalue weighted by Gasteiger charge is 2.12. The summed E-state index contributed by atoms with van der Waals surface area (Å²) in [4.78, 5) is 0. The van der Waals surface area contributed by atoms with E-state index < -0.39 is 17.5 Å². The van der Waals surface area contributed by atoms with Crippen molar-refractivity contribution >= 4 is 86.9 Å². The van der Waals surface area contributed by atoms with Crippen molar-refractivity contribution in [3.05, 3.63) is 100 Å². The highest BCUT2D eigenvalue weighted by molar-refractivity contribution is 9.28. The van der Waals surface area contributed by atoms with Crippen LogP contribution in [0.2, 0.25) is 0 Å². The third kappa shape index (κ3) is 17.0. The molecule has 0 saturated heterocycles. The van der Waals surface area contributed by atoms with Crippen LogP contribution >= 0.6 is 86.9 Å². The molecular formula is C35H37Br4Cl2F3O6. The highest BCUT2D eigenvalue weighted by Crippen LogP contribution is 2.30. The van der Waals surface area contributed by atoms with Gasteiger partial charge in [-0.3, -0.25) is 0 Å². The van der Waals surface area contributed by atoms with Crippen molar-refractivity contribution in [1.29, 1.82) is 0 Å². The lowest BCUT2D eigenvalue weighted by atomic mass is 10.1. The van der Waals surface area contributed by atoms with Gasteiger partial charge in [0.2, 0.25) is 0 Å². The Morgan fingerprint density at radius 2 is 0.920 bits per heavy atom. The second-order valence-electron chi connectivity index (χ2n) is 9.57. The van der Waals surface area contributed by atoms with Gasteiger partial charge in [0.25, 0.3) is 0 Å². The minimum Gasteiger partial charge on any atom is -0.493 e. The number of hydrogen-bond acceptors (Lipinski definition) is 6. The molecule has 3 aromatic carbocycles. The summed E-state index contributed by atoms with van der Waals surface area (Å²) in [6.07, 6.45) is 6.39. The summed E-state index contributed by atoms with van der Waals surface area (Å²) < 4.78 is 73.4. The zero-order valence-corrected chi connectivity index (χ0v) is 35.9. The van der Waals surface area contributed by atoms with Crippen LogP contribution < -0.4 is 28.4 Å². The van der Waals surface area contributed by atoms with Gasteiger partial charge in [-0.25, -0.2) is 13.2 Å². The van der Waals surface area contributed by atoms with E-state index in [1.807, 2.05) is 13.8 Å². The van der Waals surface area contributed by atoms with E-state index in [-0.39, 0.29) is 28.3 Å². The van der Waals surface area contributed by atoms with E-state index in [0.717, 1.165) is 17.9 Å². The lowest BCUT2D eigenvalue weighted by molar-refractivity contribution is 0.350. The molecule has 0 aliphatic rings. The Bertz CT molecular complexity index is 1510. The molecule has 0 fully saturated rings. The van der Waals surface area contributed by atoms with Crippen LogP contribution in [0.25, 0.3) is 0 Å². The normalized spacial score (nSPS) is 9.90. The van der Waals surface area contributed by atoms with Crippen LogP contribution in [0.5, 0.6) is 34.5 Å². The summed E-state index contributed by atoms with van der Waals surface area (Å²) in [6, 6.07) is 9.16. The molecule has 0 heterocycles. The van der Waals surface area contributed by atoms with Gasteiger partial charge in [-0.15, -0.1) is 0 Å².